The van der Waals surface area contributed by atoms with Gasteiger partial charge in [0.15, 0.2) is 0 Å². The van der Waals surface area contributed by atoms with Crippen molar-refractivity contribution in [2.75, 3.05) is 25.4 Å². The molecule has 0 radical (unpaired) electrons. The molecule has 0 aliphatic carbocycles. The Morgan fingerprint density at radius 2 is 1.79 bits per heavy atom. The molecule has 0 bridgehead atoms. The third kappa shape index (κ3) is 8.89. The average Bonchev–Trinajstić information content (AvgIpc) is 2.12. The van der Waals surface area contributed by atoms with Crippen LogP contribution in [0, 0.1) is 5.92 Å². The van der Waals surface area contributed by atoms with Crippen LogP contribution in [0.15, 0.2) is 0 Å². The summed E-state index contributed by atoms with van der Waals surface area (Å²) in [6.45, 7) is 10.5. The molecule has 0 aliphatic heterocycles. The quantitative estimate of drug-likeness (QED) is 0.457. The first-order valence-electron chi connectivity index (χ1n) is 6.03. The van der Waals surface area contributed by atoms with E-state index in [1.54, 1.807) is 0 Å². The molecule has 0 aromatic rings. The van der Waals surface area contributed by atoms with Crippen LogP contribution >= 0.6 is 12.6 Å². The van der Waals surface area contributed by atoms with Crippen molar-refractivity contribution < 1.29 is 0 Å². The summed E-state index contributed by atoms with van der Waals surface area (Å²) in [5, 5.41) is 0. The van der Waals surface area contributed by atoms with E-state index < -0.39 is 0 Å². The Morgan fingerprint density at radius 3 is 2.29 bits per heavy atom. The smallest absolute Gasteiger partial charge is 0.00698 e. The van der Waals surface area contributed by atoms with Gasteiger partial charge in [0.2, 0.25) is 0 Å². The fourth-order valence-corrected chi connectivity index (χ4v) is 1.96. The van der Waals surface area contributed by atoms with E-state index in [9.17, 15) is 0 Å². The Hall–Kier alpha value is 0.310. The van der Waals surface area contributed by atoms with Crippen molar-refractivity contribution >= 4 is 12.6 Å². The van der Waals surface area contributed by atoms with Crippen molar-refractivity contribution in [3.05, 3.63) is 0 Å². The van der Waals surface area contributed by atoms with Gasteiger partial charge in [0, 0.05) is 12.3 Å². The Labute approximate surface area is 95.7 Å². The number of nitrogens with zero attached hydrogens (tertiary/aromatic N) is 1. The van der Waals surface area contributed by atoms with Gasteiger partial charge in [0.05, 0.1) is 0 Å². The predicted molar refractivity (Wildman–Crippen MR) is 69.3 cm³/mol. The molecule has 0 saturated carbocycles. The fourth-order valence-electron chi connectivity index (χ4n) is 1.68. The molecule has 0 atom stereocenters. The minimum absolute atomic E-state index is 0.861. The maximum Gasteiger partial charge on any atom is 0.00698 e. The van der Waals surface area contributed by atoms with Crippen molar-refractivity contribution in [1.82, 2.24) is 4.90 Å². The van der Waals surface area contributed by atoms with Crippen molar-refractivity contribution in [2.24, 2.45) is 5.92 Å². The van der Waals surface area contributed by atoms with Crippen molar-refractivity contribution in [2.45, 2.75) is 46.5 Å². The minimum atomic E-state index is 0.861. The van der Waals surface area contributed by atoms with Crippen LogP contribution in [0.5, 0.6) is 0 Å². The minimum Gasteiger partial charge on any atom is -0.303 e. The topological polar surface area (TPSA) is 3.24 Å². The summed E-state index contributed by atoms with van der Waals surface area (Å²) in [6.07, 6.45) is 5.37. The molecule has 2 heteroatoms. The molecule has 1 nitrogen and oxygen atoms in total. The first kappa shape index (κ1) is 14.3. The van der Waals surface area contributed by atoms with E-state index in [2.05, 4.69) is 38.3 Å². The molecule has 0 fully saturated rings. The first-order valence-corrected chi connectivity index (χ1v) is 6.67. The van der Waals surface area contributed by atoms with E-state index in [1.807, 2.05) is 0 Å². The lowest BCUT2D eigenvalue weighted by atomic mass is 10.1. The van der Waals surface area contributed by atoms with Crippen molar-refractivity contribution in [3.8, 4) is 0 Å². The average molecular weight is 217 g/mol. The molecule has 86 valence electrons. The Kier molecular flexibility index (Phi) is 10.1. The van der Waals surface area contributed by atoms with Crippen LogP contribution in [0.4, 0.5) is 0 Å². The van der Waals surface area contributed by atoms with Gasteiger partial charge in [-0.1, -0.05) is 33.6 Å². The number of hydrogen-bond acceptors (Lipinski definition) is 2. The second kappa shape index (κ2) is 9.85. The second-order valence-corrected chi connectivity index (χ2v) is 4.90. The first-order chi connectivity index (χ1) is 6.70. The third-order valence-electron chi connectivity index (χ3n) is 2.46. The molecule has 0 aromatic heterocycles. The highest BCUT2D eigenvalue weighted by Crippen LogP contribution is 2.07. The number of thiol groups is 1. The van der Waals surface area contributed by atoms with Crippen LogP contribution in [-0.4, -0.2) is 30.3 Å². The van der Waals surface area contributed by atoms with Gasteiger partial charge in [-0.15, -0.1) is 0 Å². The van der Waals surface area contributed by atoms with Gasteiger partial charge in [0.1, 0.15) is 0 Å². The zero-order valence-corrected chi connectivity index (χ0v) is 11.0. The van der Waals surface area contributed by atoms with E-state index in [0.717, 1.165) is 18.2 Å². The maximum absolute atomic E-state index is 4.29. The van der Waals surface area contributed by atoms with Gasteiger partial charge in [-0.05, 0) is 31.8 Å². The van der Waals surface area contributed by atoms with Gasteiger partial charge in [-0.25, -0.2) is 0 Å². The van der Waals surface area contributed by atoms with E-state index in [1.165, 1.54) is 38.8 Å². The summed E-state index contributed by atoms with van der Waals surface area (Å²) in [6, 6.07) is 0. The van der Waals surface area contributed by atoms with Crippen LogP contribution in [0.3, 0.4) is 0 Å². The number of hydrogen-bond donors (Lipinski definition) is 1. The number of rotatable bonds is 9. The number of unbranched alkanes of at least 4 members (excludes halogenated alkanes) is 1. The Morgan fingerprint density at radius 1 is 1.07 bits per heavy atom. The SMILES string of the molecule is CCCN(CCS)CCCCC(C)C. The fraction of sp³-hybridized carbons (Fsp3) is 1.00. The Balaban J connectivity index is 3.40. The molecule has 0 rings (SSSR count). The van der Waals surface area contributed by atoms with Crippen LogP contribution in [0.2, 0.25) is 0 Å². The predicted octanol–water partition coefficient (Wildman–Crippen LogP) is 3.45. The normalized spacial score (nSPS) is 11.6. The van der Waals surface area contributed by atoms with Crippen LogP contribution < -0.4 is 0 Å². The molecular formula is C12H27NS. The molecule has 0 amide bonds. The molecule has 0 aliphatic rings. The lowest BCUT2D eigenvalue weighted by Gasteiger charge is -2.20. The zero-order valence-electron chi connectivity index (χ0n) is 10.1. The van der Waals surface area contributed by atoms with E-state index in [-0.39, 0.29) is 0 Å². The summed E-state index contributed by atoms with van der Waals surface area (Å²) in [7, 11) is 0. The summed E-state index contributed by atoms with van der Waals surface area (Å²) in [5.41, 5.74) is 0. The van der Waals surface area contributed by atoms with E-state index in [0.29, 0.717) is 0 Å². The summed E-state index contributed by atoms with van der Waals surface area (Å²) in [4.78, 5) is 2.54. The Bertz CT molecular complexity index is 109. The molecule has 0 saturated heterocycles. The van der Waals surface area contributed by atoms with Crippen molar-refractivity contribution in [3.63, 3.8) is 0 Å². The van der Waals surface area contributed by atoms with Crippen LogP contribution in [0.25, 0.3) is 0 Å². The molecule has 0 heterocycles. The van der Waals surface area contributed by atoms with Gasteiger partial charge in [-0.2, -0.15) is 12.6 Å². The lowest BCUT2D eigenvalue weighted by Crippen LogP contribution is -2.27. The van der Waals surface area contributed by atoms with Gasteiger partial charge in [0.25, 0.3) is 0 Å². The highest BCUT2D eigenvalue weighted by atomic mass is 32.1. The van der Waals surface area contributed by atoms with Crippen LogP contribution in [0.1, 0.15) is 46.5 Å². The van der Waals surface area contributed by atoms with E-state index in [4.69, 9.17) is 0 Å². The largest absolute Gasteiger partial charge is 0.303 e. The molecule has 0 N–H and O–H groups in total. The van der Waals surface area contributed by atoms with Gasteiger partial charge < -0.3 is 4.90 Å². The van der Waals surface area contributed by atoms with Crippen molar-refractivity contribution in [1.29, 1.82) is 0 Å². The third-order valence-corrected chi connectivity index (χ3v) is 2.66. The van der Waals surface area contributed by atoms with Gasteiger partial charge >= 0.3 is 0 Å². The molecule has 0 spiro atoms. The standard InChI is InChI=1S/C12H27NS/c1-4-8-13(10-11-14)9-6-5-7-12(2)3/h12,14H,4-11H2,1-3H3. The summed E-state index contributed by atoms with van der Waals surface area (Å²) >= 11 is 4.29. The summed E-state index contributed by atoms with van der Waals surface area (Å²) in [5.74, 6) is 1.85. The lowest BCUT2D eigenvalue weighted by molar-refractivity contribution is 0.281. The highest BCUT2D eigenvalue weighted by Gasteiger charge is 2.02. The molecule has 0 aromatic carbocycles. The highest BCUT2D eigenvalue weighted by molar-refractivity contribution is 7.80. The monoisotopic (exact) mass is 217 g/mol. The van der Waals surface area contributed by atoms with Gasteiger partial charge in [-0.3, -0.25) is 0 Å². The summed E-state index contributed by atoms with van der Waals surface area (Å²) < 4.78 is 0. The molecule has 0 unspecified atom stereocenters. The molecular weight excluding hydrogens is 190 g/mol. The zero-order chi connectivity index (χ0) is 10.8. The van der Waals surface area contributed by atoms with Crippen LogP contribution in [-0.2, 0) is 0 Å². The van der Waals surface area contributed by atoms with E-state index >= 15 is 0 Å². The second-order valence-electron chi connectivity index (χ2n) is 4.45. The molecule has 14 heavy (non-hydrogen) atoms. The maximum atomic E-state index is 4.29.